The highest BCUT2D eigenvalue weighted by Crippen LogP contribution is 2.23. The van der Waals surface area contributed by atoms with Gasteiger partial charge in [0.05, 0.1) is 20.6 Å². The number of hydrogen-bond donors (Lipinski definition) is 0. The quantitative estimate of drug-likeness (QED) is 0.854. The molecule has 1 aromatic carbocycles. The van der Waals surface area contributed by atoms with Gasteiger partial charge >= 0.3 is 0 Å². The Labute approximate surface area is 115 Å². The van der Waals surface area contributed by atoms with Crippen molar-refractivity contribution in [3.63, 3.8) is 0 Å². The summed E-state index contributed by atoms with van der Waals surface area (Å²) in [7, 11) is -7.08. The summed E-state index contributed by atoms with van der Waals surface area (Å²) in [6.45, 7) is 6.18. The molecule has 0 fully saturated rings. The molecule has 6 heteroatoms. The van der Waals surface area contributed by atoms with Crippen LogP contribution >= 0.6 is 0 Å². The van der Waals surface area contributed by atoms with Gasteiger partial charge in [-0.05, 0) is 39.8 Å². The van der Waals surface area contributed by atoms with Crippen molar-refractivity contribution in [1.82, 2.24) is 0 Å². The van der Waals surface area contributed by atoms with Crippen LogP contribution in [-0.2, 0) is 19.7 Å². The minimum absolute atomic E-state index is 0.158. The van der Waals surface area contributed by atoms with Crippen molar-refractivity contribution in [2.75, 3.05) is 5.75 Å². The average Bonchev–Trinajstić information content (AvgIpc) is 2.28. The number of rotatable bonds is 4. The Balaban J connectivity index is 3.05. The highest BCUT2D eigenvalue weighted by Gasteiger charge is 2.37. The van der Waals surface area contributed by atoms with Crippen molar-refractivity contribution in [2.24, 2.45) is 0 Å². The first-order valence-electron chi connectivity index (χ1n) is 6.00. The van der Waals surface area contributed by atoms with E-state index in [0.717, 1.165) is 0 Å². The molecule has 0 spiro atoms. The summed E-state index contributed by atoms with van der Waals surface area (Å²) >= 11 is 0. The summed E-state index contributed by atoms with van der Waals surface area (Å²) in [5.74, 6) is -0.392. The van der Waals surface area contributed by atoms with Gasteiger partial charge in [0.15, 0.2) is 19.7 Å². The summed E-state index contributed by atoms with van der Waals surface area (Å²) < 4.78 is 47.7. The third-order valence-corrected chi connectivity index (χ3v) is 8.01. The Morgan fingerprint density at radius 1 is 1.00 bits per heavy atom. The Bertz CT molecular complexity index is 623. The molecular formula is C13H20O4S2. The highest BCUT2D eigenvalue weighted by atomic mass is 32.2. The van der Waals surface area contributed by atoms with E-state index >= 15 is 0 Å². The first kappa shape index (κ1) is 16.2. The zero-order valence-corrected chi connectivity index (χ0v) is 13.3. The van der Waals surface area contributed by atoms with Crippen LogP contribution in [0.4, 0.5) is 0 Å². The van der Waals surface area contributed by atoms with E-state index in [-0.39, 0.29) is 4.90 Å². The fourth-order valence-corrected chi connectivity index (χ4v) is 5.57. The van der Waals surface area contributed by atoms with Gasteiger partial charge in [-0.25, -0.2) is 16.8 Å². The molecule has 1 rings (SSSR count). The van der Waals surface area contributed by atoms with Crippen LogP contribution in [0.5, 0.6) is 0 Å². The van der Waals surface area contributed by atoms with Crippen LogP contribution in [0, 0.1) is 0 Å². The van der Waals surface area contributed by atoms with E-state index in [9.17, 15) is 16.8 Å². The fraction of sp³-hybridized carbons (Fsp3) is 0.538. The van der Waals surface area contributed by atoms with E-state index in [0.29, 0.717) is 0 Å². The average molecular weight is 304 g/mol. The second kappa shape index (κ2) is 5.25. The van der Waals surface area contributed by atoms with Crippen molar-refractivity contribution in [3.05, 3.63) is 30.3 Å². The van der Waals surface area contributed by atoms with Crippen LogP contribution in [0.2, 0.25) is 0 Å². The highest BCUT2D eigenvalue weighted by molar-refractivity contribution is 7.96. The van der Waals surface area contributed by atoms with Gasteiger partial charge in [0.25, 0.3) is 0 Å². The van der Waals surface area contributed by atoms with E-state index in [1.165, 1.54) is 19.1 Å². The van der Waals surface area contributed by atoms with Gasteiger partial charge in [-0.2, -0.15) is 0 Å². The Morgan fingerprint density at radius 2 is 1.47 bits per heavy atom. The molecule has 0 heterocycles. The van der Waals surface area contributed by atoms with Gasteiger partial charge in [-0.3, -0.25) is 0 Å². The first-order chi connectivity index (χ1) is 8.48. The zero-order valence-electron chi connectivity index (χ0n) is 11.6. The normalized spacial score (nSPS) is 15.2. The van der Waals surface area contributed by atoms with E-state index < -0.39 is 35.4 Å². The topological polar surface area (TPSA) is 68.3 Å². The Hall–Kier alpha value is -0.880. The second-order valence-electron chi connectivity index (χ2n) is 5.56. The van der Waals surface area contributed by atoms with Crippen molar-refractivity contribution in [3.8, 4) is 0 Å². The van der Waals surface area contributed by atoms with Crippen molar-refractivity contribution in [1.29, 1.82) is 0 Å². The van der Waals surface area contributed by atoms with E-state index in [1.54, 1.807) is 39.0 Å². The molecule has 0 bridgehead atoms. The molecule has 0 saturated heterocycles. The lowest BCUT2D eigenvalue weighted by molar-refractivity contribution is 0.548. The lowest BCUT2D eigenvalue weighted by Crippen LogP contribution is -2.39. The summed E-state index contributed by atoms with van der Waals surface area (Å²) in [5.41, 5.74) is 0. The summed E-state index contributed by atoms with van der Waals surface area (Å²) in [4.78, 5) is 0.158. The van der Waals surface area contributed by atoms with Gasteiger partial charge in [0.2, 0.25) is 0 Å². The van der Waals surface area contributed by atoms with Crippen LogP contribution in [0.3, 0.4) is 0 Å². The predicted octanol–water partition coefficient (Wildman–Crippen LogP) is 2.06. The standard InChI is InChI=1S/C13H20O4S2/c1-11(19(16,17)13(2,3)4)10-18(14,15)12-8-6-5-7-9-12/h5-9,11H,10H2,1-4H3. The monoisotopic (exact) mass is 304 g/mol. The van der Waals surface area contributed by atoms with Crippen molar-refractivity contribution in [2.45, 2.75) is 42.6 Å². The molecular weight excluding hydrogens is 284 g/mol. The first-order valence-corrected chi connectivity index (χ1v) is 9.19. The molecule has 0 aliphatic carbocycles. The SMILES string of the molecule is CC(CS(=O)(=O)c1ccccc1)S(=O)(=O)C(C)(C)C. The van der Waals surface area contributed by atoms with Crippen molar-refractivity contribution < 1.29 is 16.8 Å². The van der Waals surface area contributed by atoms with E-state index in [2.05, 4.69) is 0 Å². The van der Waals surface area contributed by atoms with Gasteiger partial charge in [0, 0.05) is 0 Å². The molecule has 0 aromatic heterocycles. The molecule has 0 N–H and O–H groups in total. The van der Waals surface area contributed by atoms with Gasteiger partial charge in [-0.1, -0.05) is 18.2 Å². The number of hydrogen-bond acceptors (Lipinski definition) is 4. The van der Waals surface area contributed by atoms with Crippen LogP contribution in [0.15, 0.2) is 35.2 Å². The molecule has 0 saturated carbocycles. The maximum absolute atomic E-state index is 12.2. The van der Waals surface area contributed by atoms with Crippen LogP contribution in [0.1, 0.15) is 27.7 Å². The lowest BCUT2D eigenvalue weighted by atomic mass is 10.3. The van der Waals surface area contributed by atoms with E-state index in [4.69, 9.17) is 0 Å². The molecule has 1 unspecified atom stereocenters. The summed E-state index contributed by atoms with van der Waals surface area (Å²) in [5, 5.41) is -0.933. The molecule has 0 radical (unpaired) electrons. The zero-order chi connectivity index (χ0) is 14.9. The molecule has 1 atom stereocenters. The lowest BCUT2D eigenvalue weighted by Gasteiger charge is -2.24. The fourth-order valence-electron chi connectivity index (χ4n) is 1.73. The molecule has 0 aliphatic heterocycles. The minimum atomic E-state index is -3.58. The molecule has 0 aliphatic rings. The van der Waals surface area contributed by atoms with Gasteiger partial charge in [0.1, 0.15) is 0 Å². The summed E-state index contributed by atoms with van der Waals surface area (Å²) in [6, 6.07) is 7.91. The van der Waals surface area contributed by atoms with Gasteiger partial charge in [-0.15, -0.1) is 0 Å². The Kier molecular flexibility index (Phi) is 4.47. The second-order valence-corrected chi connectivity index (χ2v) is 10.7. The third-order valence-electron chi connectivity index (χ3n) is 2.94. The molecule has 1 aromatic rings. The molecule has 4 nitrogen and oxygen atoms in total. The number of sulfone groups is 2. The van der Waals surface area contributed by atoms with Crippen molar-refractivity contribution >= 4 is 19.7 Å². The van der Waals surface area contributed by atoms with Crippen LogP contribution in [0.25, 0.3) is 0 Å². The van der Waals surface area contributed by atoms with Gasteiger partial charge < -0.3 is 0 Å². The van der Waals surface area contributed by atoms with E-state index in [1.807, 2.05) is 0 Å². The summed E-state index contributed by atoms with van der Waals surface area (Å²) in [6.07, 6.45) is 0. The largest absolute Gasteiger partial charge is 0.228 e. The minimum Gasteiger partial charge on any atom is -0.228 e. The van der Waals surface area contributed by atoms with Crippen LogP contribution < -0.4 is 0 Å². The number of benzene rings is 1. The Morgan fingerprint density at radius 3 is 1.89 bits per heavy atom. The predicted molar refractivity (Wildman–Crippen MR) is 76.6 cm³/mol. The van der Waals surface area contributed by atoms with Crippen LogP contribution in [-0.4, -0.2) is 32.6 Å². The maximum Gasteiger partial charge on any atom is 0.179 e. The smallest absolute Gasteiger partial charge is 0.179 e. The molecule has 19 heavy (non-hydrogen) atoms. The maximum atomic E-state index is 12.2. The molecule has 108 valence electrons. The third kappa shape index (κ3) is 3.57. The molecule has 0 amide bonds.